The lowest BCUT2D eigenvalue weighted by Crippen LogP contribution is -2.22. The summed E-state index contributed by atoms with van der Waals surface area (Å²) in [7, 11) is 0. The molecule has 0 aliphatic heterocycles. The van der Waals surface area contributed by atoms with Gasteiger partial charge in [-0.2, -0.15) is 13.2 Å². The van der Waals surface area contributed by atoms with Crippen molar-refractivity contribution in [1.82, 2.24) is 5.32 Å². The van der Waals surface area contributed by atoms with E-state index < -0.39 is 12.6 Å². The van der Waals surface area contributed by atoms with E-state index in [9.17, 15) is 13.2 Å². The summed E-state index contributed by atoms with van der Waals surface area (Å²) in [5.41, 5.74) is 0. The Labute approximate surface area is 102 Å². The molecular weight excluding hydrogens is 231 g/mol. The zero-order valence-electron chi connectivity index (χ0n) is 10.9. The minimum absolute atomic E-state index is 0.0989. The molecule has 1 N–H and O–H groups in total. The fourth-order valence-corrected chi connectivity index (χ4v) is 1.36. The molecule has 0 aromatic heterocycles. The average molecular weight is 255 g/mol. The molecule has 0 spiro atoms. The Balaban J connectivity index is 3.32. The van der Waals surface area contributed by atoms with Crippen LogP contribution in [-0.2, 0) is 4.74 Å². The number of nitrogens with one attached hydrogen (secondary N) is 1. The molecule has 0 saturated heterocycles. The topological polar surface area (TPSA) is 21.3 Å². The van der Waals surface area contributed by atoms with Crippen LogP contribution >= 0.6 is 0 Å². The molecule has 0 amide bonds. The number of hydrogen-bond acceptors (Lipinski definition) is 2. The summed E-state index contributed by atoms with van der Waals surface area (Å²) >= 11 is 0. The highest BCUT2D eigenvalue weighted by Crippen LogP contribution is 2.19. The van der Waals surface area contributed by atoms with Crippen molar-refractivity contribution < 1.29 is 17.9 Å². The average Bonchev–Trinajstić information content (AvgIpc) is 2.14. The summed E-state index contributed by atoms with van der Waals surface area (Å²) in [4.78, 5) is 0. The van der Waals surface area contributed by atoms with Crippen LogP contribution in [0.1, 0.15) is 40.0 Å². The molecule has 5 heteroatoms. The van der Waals surface area contributed by atoms with Crippen molar-refractivity contribution in [1.29, 1.82) is 0 Å². The maximum Gasteiger partial charge on any atom is 0.391 e. The lowest BCUT2D eigenvalue weighted by atomic mass is 10.2. The third-order valence-corrected chi connectivity index (χ3v) is 2.30. The van der Waals surface area contributed by atoms with Gasteiger partial charge in [-0.25, -0.2) is 0 Å². The third kappa shape index (κ3) is 13.6. The summed E-state index contributed by atoms with van der Waals surface area (Å²) in [6, 6.07) is 0. The quantitative estimate of drug-likeness (QED) is 0.638. The van der Waals surface area contributed by atoms with Gasteiger partial charge in [-0.05, 0) is 38.8 Å². The minimum atomic E-state index is -4.11. The van der Waals surface area contributed by atoms with Crippen molar-refractivity contribution in [3.8, 4) is 0 Å². The lowest BCUT2D eigenvalue weighted by molar-refractivity contribution is -0.148. The van der Waals surface area contributed by atoms with E-state index in [4.69, 9.17) is 4.74 Å². The Morgan fingerprint density at radius 2 is 1.82 bits per heavy atom. The van der Waals surface area contributed by atoms with Gasteiger partial charge in [0.05, 0.1) is 19.1 Å². The van der Waals surface area contributed by atoms with Crippen molar-refractivity contribution >= 4 is 0 Å². The molecule has 0 aromatic carbocycles. The van der Waals surface area contributed by atoms with Gasteiger partial charge in [-0.15, -0.1) is 0 Å². The lowest BCUT2D eigenvalue weighted by Gasteiger charge is -2.14. The molecular formula is C12H24F3NO. The Hall–Kier alpha value is -0.290. The van der Waals surface area contributed by atoms with Crippen molar-refractivity contribution in [3.63, 3.8) is 0 Å². The first kappa shape index (κ1) is 16.7. The maximum absolute atomic E-state index is 11.8. The van der Waals surface area contributed by atoms with E-state index in [2.05, 4.69) is 19.2 Å². The Morgan fingerprint density at radius 3 is 2.35 bits per heavy atom. The van der Waals surface area contributed by atoms with Gasteiger partial charge < -0.3 is 10.1 Å². The SMILES string of the molecule is CC(C)CNCCCC(C)OCCC(F)(F)F. The van der Waals surface area contributed by atoms with Gasteiger partial charge in [-0.1, -0.05) is 13.8 Å². The van der Waals surface area contributed by atoms with Gasteiger partial charge in [0.1, 0.15) is 0 Å². The highest BCUT2D eigenvalue weighted by atomic mass is 19.4. The smallest absolute Gasteiger partial charge is 0.378 e. The molecule has 0 heterocycles. The standard InChI is InChI=1S/C12H24F3NO/c1-10(2)9-16-7-4-5-11(3)17-8-6-12(13,14)15/h10-11,16H,4-9H2,1-3H3. The highest BCUT2D eigenvalue weighted by molar-refractivity contribution is 4.57. The molecule has 0 radical (unpaired) electrons. The normalized spacial score (nSPS) is 14.3. The first-order valence-electron chi connectivity index (χ1n) is 6.20. The van der Waals surface area contributed by atoms with E-state index in [1.807, 2.05) is 6.92 Å². The van der Waals surface area contributed by atoms with Crippen molar-refractivity contribution in [2.45, 2.75) is 52.3 Å². The number of ether oxygens (including phenoxy) is 1. The number of hydrogen-bond donors (Lipinski definition) is 1. The Kier molecular flexibility index (Phi) is 8.60. The molecule has 0 aliphatic carbocycles. The molecule has 1 atom stereocenters. The van der Waals surface area contributed by atoms with Gasteiger partial charge in [0, 0.05) is 0 Å². The number of halogens is 3. The monoisotopic (exact) mass is 255 g/mol. The molecule has 0 rings (SSSR count). The second-order valence-electron chi connectivity index (χ2n) is 4.79. The van der Waals surface area contributed by atoms with E-state index >= 15 is 0 Å². The van der Waals surface area contributed by atoms with Crippen molar-refractivity contribution in [3.05, 3.63) is 0 Å². The van der Waals surface area contributed by atoms with E-state index in [0.717, 1.165) is 25.9 Å². The van der Waals surface area contributed by atoms with Gasteiger partial charge >= 0.3 is 6.18 Å². The number of alkyl halides is 3. The van der Waals surface area contributed by atoms with Crippen LogP contribution in [0.15, 0.2) is 0 Å². The van der Waals surface area contributed by atoms with E-state index in [1.165, 1.54) is 0 Å². The fraction of sp³-hybridized carbons (Fsp3) is 1.00. The first-order chi connectivity index (χ1) is 7.81. The molecule has 0 aromatic rings. The number of rotatable bonds is 9. The largest absolute Gasteiger partial charge is 0.391 e. The predicted octanol–water partition coefficient (Wildman–Crippen LogP) is 3.37. The van der Waals surface area contributed by atoms with Crippen LogP contribution in [0.5, 0.6) is 0 Å². The Bertz CT molecular complexity index is 183. The molecule has 0 bridgehead atoms. The molecule has 104 valence electrons. The van der Waals surface area contributed by atoms with Crippen LogP contribution in [0.25, 0.3) is 0 Å². The van der Waals surface area contributed by atoms with Crippen molar-refractivity contribution in [2.24, 2.45) is 5.92 Å². The van der Waals surface area contributed by atoms with Crippen LogP contribution in [0, 0.1) is 5.92 Å². The molecule has 2 nitrogen and oxygen atoms in total. The molecule has 0 aliphatic rings. The van der Waals surface area contributed by atoms with E-state index in [-0.39, 0.29) is 12.7 Å². The van der Waals surface area contributed by atoms with Crippen molar-refractivity contribution in [2.75, 3.05) is 19.7 Å². The first-order valence-corrected chi connectivity index (χ1v) is 6.20. The van der Waals surface area contributed by atoms with E-state index in [1.54, 1.807) is 0 Å². The van der Waals surface area contributed by atoms with E-state index in [0.29, 0.717) is 5.92 Å². The van der Waals surface area contributed by atoms with Gasteiger partial charge in [-0.3, -0.25) is 0 Å². The molecule has 1 unspecified atom stereocenters. The van der Waals surface area contributed by atoms with Crippen LogP contribution in [-0.4, -0.2) is 32.0 Å². The summed E-state index contributed by atoms with van der Waals surface area (Å²) in [6.07, 6.45) is -3.34. The minimum Gasteiger partial charge on any atom is -0.378 e. The van der Waals surface area contributed by atoms with Gasteiger partial charge in [0.15, 0.2) is 0 Å². The molecule has 0 saturated carbocycles. The summed E-state index contributed by atoms with van der Waals surface area (Å²) < 4.78 is 40.6. The van der Waals surface area contributed by atoms with Crippen LogP contribution in [0.2, 0.25) is 0 Å². The highest BCUT2D eigenvalue weighted by Gasteiger charge is 2.26. The third-order valence-electron chi connectivity index (χ3n) is 2.30. The fourth-order valence-electron chi connectivity index (χ4n) is 1.36. The predicted molar refractivity (Wildman–Crippen MR) is 63.0 cm³/mol. The Morgan fingerprint density at radius 1 is 1.18 bits per heavy atom. The van der Waals surface area contributed by atoms with Crippen LogP contribution in [0.4, 0.5) is 13.2 Å². The molecule has 0 fully saturated rings. The molecule has 17 heavy (non-hydrogen) atoms. The maximum atomic E-state index is 11.8. The van der Waals surface area contributed by atoms with Gasteiger partial charge in [0.2, 0.25) is 0 Å². The second kappa shape index (κ2) is 8.75. The second-order valence-corrected chi connectivity index (χ2v) is 4.79. The van der Waals surface area contributed by atoms with Crippen LogP contribution < -0.4 is 5.32 Å². The summed E-state index contributed by atoms with van der Waals surface area (Å²) in [5, 5.41) is 3.28. The summed E-state index contributed by atoms with van der Waals surface area (Å²) in [5.74, 6) is 0.621. The van der Waals surface area contributed by atoms with Crippen LogP contribution in [0.3, 0.4) is 0 Å². The zero-order chi connectivity index (χ0) is 13.3. The van der Waals surface area contributed by atoms with Gasteiger partial charge in [0.25, 0.3) is 0 Å². The summed E-state index contributed by atoms with van der Waals surface area (Å²) in [6.45, 7) is 7.73. The zero-order valence-corrected chi connectivity index (χ0v) is 10.9.